The lowest BCUT2D eigenvalue weighted by molar-refractivity contribution is 0.804. The highest BCUT2D eigenvalue weighted by molar-refractivity contribution is 7.13. The van der Waals surface area contributed by atoms with Gasteiger partial charge in [0.05, 0.1) is 10.6 Å². The molecule has 0 spiro atoms. The van der Waals surface area contributed by atoms with Crippen LogP contribution in [0.15, 0.2) is 35.8 Å². The van der Waals surface area contributed by atoms with Crippen molar-refractivity contribution in [2.24, 2.45) is 5.73 Å². The zero-order chi connectivity index (χ0) is 13.2. The summed E-state index contributed by atoms with van der Waals surface area (Å²) >= 11 is 1.74. The molecule has 3 aromatic rings. The van der Waals surface area contributed by atoms with Crippen molar-refractivity contribution in [3.8, 4) is 10.6 Å². The van der Waals surface area contributed by atoms with Crippen LogP contribution in [0.3, 0.4) is 0 Å². The third-order valence-electron chi connectivity index (χ3n) is 3.32. The van der Waals surface area contributed by atoms with Gasteiger partial charge in [-0.15, -0.1) is 11.3 Å². The number of fused-ring (bicyclic) bond motifs is 1. The largest absolute Gasteiger partial charge is 0.330 e. The topological polar surface area (TPSA) is 43.3 Å². The summed E-state index contributed by atoms with van der Waals surface area (Å²) in [6.45, 7) is 2.82. The average molecular weight is 271 g/mol. The molecule has 0 amide bonds. The van der Waals surface area contributed by atoms with Gasteiger partial charge in [-0.05, 0) is 49.4 Å². The van der Waals surface area contributed by atoms with E-state index in [0.717, 1.165) is 24.2 Å². The van der Waals surface area contributed by atoms with Crippen LogP contribution in [0.2, 0.25) is 0 Å². The Morgan fingerprint density at radius 2 is 2.21 bits per heavy atom. The van der Waals surface area contributed by atoms with Gasteiger partial charge >= 0.3 is 0 Å². The Labute approximate surface area is 116 Å². The van der Waals surface area contributed by atoms with Crippen LogP contribution in [0.1, 0.15) is 17.7 Å². The van der Waals surface area contributed by atoms with Crippen molar-refractivity contribution in [3.63, 3.8) is 0 Å². The Kier molecular flexibility index (Phi) is 3.36. The van der Waals surface area contributed by atoms with E-state index in [2.05, 4.69) is 47.2 Å². The summed E-state index contributed by atoms with van der Waals surface area (Å²) in [4.78, 5) is 6.07. The lowest BCUT2D eigenvalue weighted by Gasteiger charge is -2.03. The van der Waals surface area contributed by atoms with Gasteiger partial charge in [0.1, 0.15) is 11.3 Å². The molecule has 0 bridgehead atoms. The molecule has 19 heavy (non-hydrogen) atoms. The number of aryl methyl sites for hydroxylation is 2. The first-order chi connectivity index (χ1) is 9.31. The fourth-order valence-electron chi connectivity index (χ4n) is 2.37. The molecule has 3 aromatic heterocycles. The zero-order valence-corrected chi connectivity index (χ0v) is 11.8. The first-order valence-electron chi connectivity index (χ1n) is 6.51. The van der Waals surface area contributed by atoms with E-state index in [1.54, 1.807) is 11.3 Å². The number of imidazole rings is 1. The average Bonchev–Trinajstić information content (AvgIpc) is 3.04. The molecule has 0 aromatic carbocycles. The van der Waals surface area contributed by atoms with Crippen molar-refractivity contribution < 1.29 is 0 Å². The highest BCUT2D eigenvalue weighted by atomic mass is 32.1. The smallest absolute Gasteiger partial charge is 0.140 e. The van der Waals surface area contributed by atoms with Gasteiger partial charge in [-0.25, -0.2) is 4.98 Å². The molecule has 0 saturated heterocycles. The second kappa shape index (κ2) is 5.15. The molecule has 0 aliphatic heterocycles. The van der Waals surface area contributed by atoms with Crippen LogP contribution < -0.4 is 5.73 Å². The van der Waals surface area contributed by atoms with Gasteiger partial charge in [0.2, 0.25) is 0 Å². The number of pyridine rings is 1. The predicted octanol–water partition coefficient (Wildman–Crippen LogP) is 3.26. The molecule has 0 saturated carbocycles. The Morgan fingerprint density at radius 3 is 2.95 bits per heavy atom. The number of thiophene rings is 1. The third-order valence-corrected chi connectivity index (χ3v) is 4.19. The minimum absolute atomic E-state index is 0.711. The molecule has 0 fully saturated rings. The minimum Gasteiger partial charge on any atom is -0.330 e. The van der Waals surface area contributed by atoms with E-state index >= 15 is 0 Å². The van der Waals surface area contributed by atoms with Crippen molar-refractivity contribution in [1.82, 2.24) is 9.38 Å². The van der Waals surface area contributed by atoms with Crippen LogP contribution in [0.5, 0.6) is 0 Å². The lowest BCUT2D eigenvalue weighted by Crippen LogP contribution is -2.03. The monoisotopic (exact) mass is 271 g/mol. The maximum Gasteiger partial charge on any atom is 0.140 e. The van der Waals surface area contributed by atoms with Gasteiger partial charge in [0.25, 0.3) is 0 Å². The number of hydrogen-bond acceptors (Lipinski definition) is 3. The normalized spacial score (nSPS) is 11.3. The second-order valence-corrected chi connectivity index (χ2v) is 5.61. The molecule has 3 nitrogen and oxygen atoms in total. The Hall–Kier alpha value is -1.65. The standard InChI is InChI=1S/C15H17N3S/c1-11-5-3-9-18-12(6-2-8-16)14(17-15(11)18)13-7-4-10-19-13/h3-5,7,9-10H,2,6,8,16H2,1H3. The van der Waals surface area contributed by atoms with E-state index in [4.69, 9.17) is 10.7 Å². The van der Waals surface area contributed by atoms with Crippen molar-refractivity contribution in [2.75, 3.05) is 6.54 Å². The molecule has 98 valence electrons. The van der Waals surface area contributed by atoms with E-state index in [9.17, 15) is 0 Å². The van der Waals surface area contributed by atoms with Crippen LogP contribution in [-0.4, -0.2) is 15.9 Å². The third kappa shape index (κ3) is 2.17. The van der Waals surface area contributed by atoms with Crippen LogP contribution in [0, 0.1) is 6.92 Å². The Balaban J connectivity index is 2.22. The number of rotatable bonds is 4. The maximum atomic E-state index is 5.66. The van der Waals surface area contributed by atoms with Crippen molar-refractivity contribution in [3.05, 3.63) is 47.1 Å². The highest BCUT2D eigenvalue weighted by Crippen LogP contribution is 2.29. The van der Waals surface area contributed by atoms with E-state index < -0.39 is 0 Å². The summed E-state index contributed by atoms with van der Waals surface area (Å²) in [5, 5.41) is 2.10. The van der Waals surface area contributed by atoms with Crippen LogP contribution in [-0.2, 0) is 6.42 Å². The molecular formula is C15H17N3S. The molecule has 0 unspecified atom stereocenters. The molecular weight excluding hydrogens is 254 g/mol. The fraction of sp³-hybridized carbons (Fsp3) is 0.267. The Bertz CT molecular complexity index is 683. The fourth-order valence-corrected chi connectivity index (χ4v) is 3.11. The number of nitrogens with zero attached hydrogens (tertiary/aromatic N) is 2. The van der Waals surface area contributed by atoms with Crippen LogP contribution in [0.25, 0.3) is 16.2 Å². The van der Waals surface area contributed by atoms with Crippen LogP contribution >= 0.6 is 11.3 Å². The summed E-state index contributed by atoms with van der Waals surface area (Å²) in [5.74, 6) is 0. The van der Waals surface area contributed by atoms with Crippen molar-refractivity contribution in [1.29, 1.82) is 0 Å². The zero-order valence-electron chi connectivity index (χ0n) is 11.0. The molecule has 0 aliphatic carbocycles. The summed E-state index contributed by atoms with van der Waals surface area (Å²) < 4.78 is 2.21. The molecule has 3 rings (SSSR count). The maximum absolute atomic E-state index is 5.66. The summed E-state index contributed by atoms with van der Waals surface area (Å²) in [6.07, 6.45) is 4.05. The van der Waals surface area contributed by atoms with Gasteiger partial charge in [-0.1, -0.05) is 12.1 Å². The van der Waals surface area contributed by atoms with Gasteiger partial charge in [0.15, 0.2) is 0 Å². The lowest BCUT2D eigenvalue weighted by atomic mass is 10.2. The highest BCUT2D eigenvalue weighted by Gasteiger charge is 2.15. The van der Waals surface area contributed by atoms with Gasteiger partial charge in [-0.3, -0.25) is 0 Å². The van der Waals surface area contributed by atoms with Gasteiger partial charge in [-0.2, -0.15) is 0 Å². The van der Waals surface area contributed by atoms with E-state index in [0.29, 0.717) is 6.54 Å². The molecule has 4 heteroatoms. The minimum atomic E-state index is 0.711. The molecule has 2 N–H and O–H groups in total. The Morgan fingerprint density at radius 1 is 1.32 bits per heavy atom. The quantitative estimate of drug-likeness (QED) is 0.791. The van der Waals surface area contributed by atoms with Crippen molar-refractivity contribution >= 4 is 17.0 Å². The molecule has 0 radical (unpaired) electrons. The number of nitrogens with two attached hydrogens (primary N) is 1. The predicted molar refractivity (Wildman–Crippen MR) is 80.6 cm³/mol. The van der Waals surface area contributed by atoms with E-state index in [1.807, 2.05) is 0 Å². The molecule has 0 aliphatic rings. The summed E-state index contributed by atoms with van der Waals surface area (Å²) in [7, 11) is 0. The first kappa shape index (κ1) is 12.4. The molecule has 3 heterocycles. The SMILES string of the molecule is Cc1cccn2c(CCCN)c(-c3cccs3)nc12. The van der Waals surface area contributed by atoms with Crippen LogP contribution in [0.4, 0.5) is 0 Å². The number of hydrogen-bond donors (Lipinski definition) is 1. The van der Waals surface area contributed by atoms with E-state index in [1.165, 1.54) is 16.1 Å². The molecule has 0 atom stereocenters. The van der Waals surface area contributed by atoms with E-state index in [-0.39, 0.29) is 0 Å². The van der Waals surface area contributed by atoms with Gasteiger partial charge in [0, 0.05) is 6.20 Å². The van der Waals surface area contributed by atoms with Gasteiger partial charge < -0.3 is 10.1 Å². The first-order valence-corrected chi connectivity index (χ1v) is 7.39. The summed E-state index contributed by atoms with van der Waals surface area (Å²) in [6, 6.07) is 8.39. The van der Waals surface area contributed by atoms with Crippen molar-refractivity contribution in [2.45, 2.75) is 19.8 Å². The summed E-state index contributed by atoms with van der Waals surface area (Å²) in [5.41, 5.74) is 10.3. The number of aromatic nitrogens is 2. The second-order valence-electron chi connectivity index (χ2n) is 4.66.